The van der Waals surface area contributed by atoms with Gasteiger partial charge in [0.25, 0.3) is 5.91 Å². The monoisotopic (exact) mass is 425 g/mol. The maximum absolute atomic E-state index is 13.1. The Bertz CT molecular complexity index is 1240. The summed E-state index contributed by atoms with van der Waals surface area (Å²) in [5.41, 5.74) is 3.64. The van der Waals surface area contributed by atoms with Crippen LogP contribution in [-0.4, -0.2) is 40.1 Å². The summed E-state index contributed by atoms with van der Waals surface area (Å²) < 4.78 is 0. The Kier molecular flexibility index (Phi) is 5.84. The molecule has 2 heterocycles. The molecule has 1 amide bonds. The van der Waals surface area contributed by atoms with Gasteiger partial charge in [-0.3, -0.25) is 14.7 Å². The van der Waals surface area contributed by atoms with Gasteiger partial charge in [0.15, 0.2) is 0 Å². The summed E-state index contributed by atoms with van der Waals surface area (Å²) in [5, 5.41) is 15.9. The fraction of sp³-hybridized carbons (Fsp3) is 0.259. The fourth-order valence-corrected chi connectivity index (χ4v) is 4.48. The molecular weight excluding hydrogens is 398 g/mol. The van der Waals surface area contributed by atoms with Gasteiger partial charge in [0.2, 0.25) is 0 Å². The standard InChI is InChI=1S/C27H27N3O2/c31-22-11-14-30(15-12-22)18-20-9-7-19(8-10-20)17-29-27(32)25-16-21-4-1-2-5-23(21)24-6-3-13-28-26(24)25/h1-10,13,16,22,31H,11-12,14-15,17-18H2,(H,29,32). The number of aliphatic hydroxyl groups excluding tert-OH is 1. The SMILES string of the molecule is O=C(NCc1ccc(CN2CCC(O)CC2)cc1)c1cc2ccccc2c2cccnc12. The molecule has 1 saturated heterocycles. The van der Waals surface area contributed by atoms with E-state index in [2.05, 4.69) is 45.5 Å². The number of nitrogens with one attached hydrogen (secondary N) is 1. The minimum Gasteiger partial charge on any atom is -0.393 e. The summed E-state index contributed by atoms with van der Waals surface area (Å²) in [4.78, 5) is 19.9. The van der Waals surface area contributed by atoms with Crippen LogP contribution in [0.2, 0.25) is 0 Å². The van der Waals surface area contributed by atoms with Crippen molar-refractivity contribution >= 4 is 27.6 Å². The summed E-state index contributed by atoms with van der Waals surface area (Å²) >= 11 is 0. The van der Waals surface area contributed by atoms with E-state index in [1.807, 2.05) is 36.4 Å². The van der Waals surface area contributed by atoms with Crippen molar-refractivity contribution in [3.8, 4) is 0 Å². The summed E-state index contributed by atoms with van der Waals surface area (Å²) in [6.45, 7) is 3.24. The van der Waals surface area contributed by atoms with E-state index < -0.39 is 0 Å². The highest BCUT2D eigenvalue weighted by atomic mass is 16.3. The number of hydrogen-bond acceptors (Lipinski definition) is 4. The molecule has 0 unspecified atom stereocenters. The summed E-state index contributed by atoms with van der Waals surface area (Å²) in [6, 6.07) is 22.3. The molecule has 1 fully saturated rings. The first kappa shape index (κ1) is 20.6. The van der Waals surface area contributed by atoms with Crippen molar-refractivity contribution in [3.05, 3.63) is 89.6 Å². The molecule has 1 aliphatic rings. The Hall–Kier alpha value is -3.28. The fourth-order valence-electron chi connectivity index (χ4n) is 4.48. The summed E-state index contributed by atoms with van der Waals surface area (Å²) in [6.07, 6.45) is 3.28. The van der Waals surface area contributed by atoms with E-state index in [1.165, 1.54) is 5.56 Å². The third-order valence-electron chi connectivity index (χ3n) is 6.30. The molecule has 0 aliphatic carbocycles. The molecule has 5 rings (SSSR count). The number of pyridine rings is 1. The van der Waals surface area contributed by atoms with Crippen LogP contribution in [0.15, 0.2) is 72.9 Å². The van der Waals surface area contributed by atoms with Gasteiger partial charge in [0, 0.05) is 37.8 Å². The number of amides is 1. The molecule has 0 bridgehead atoms. The molecule has 5 heteroatoms. The lowest BCUT2D eigenvalue weighted by molar-refractivity contribution is 0.0792. The minimum absolute atomic E-state index is 0.115. The molecule has 0 radical (unpaired) electrons. The van der Waals surface area contributed by atoms with Crippen molar-refractivity contribution in [2.45, 2.75) is 32.0 Å². The topological polar surface area (TPSA) is 65.5 Å². The van der Waals surface area contributed by atoms with Crippen LogP contribution in [-0.2, 0) is 13.1 Å². The normalized spacial score (nSPS) is 15.3. The number of rotatable bonds is 5. The zero-order valence-electron chi connectivity index (χ0n) is 18.0. The van der Waals surface area contributed by atoms with Gasteiger partial charge in [-0.05, 0) is 46.9 Å². The highest BCUT2D eigenvalue weighted by Crippen LogP contribution is 2.27. The number of carbonyl (C=O) groups is 1. The van der Waals surface area contributed by atoms with Crippen LogP contribution in [0.3, 0.4) is 0 Å². The quantitative estimate of drug-likeness (QED) is 0.469. The third kappa shape index (κ3) is 4.35. The van der Waals surface area contributed by atoms with Gasteiger partial charge in [-0.15, -0.1) is 0 Å². The van der Waals surface area contributed by atoms with Crippen LogP contribution in [0.4, 0.5) is 0 Å². The smallest absolute Gasteiger partial charge is 0.253 e. The lowest BCUT2D eigenvalue weighted by Crippen LogP contribution is -2.35. The van der Waals surface area contributed by atoms with Gasteiger partial charge in [-0.1, -0.05) is 54.6 Å². The molecule has 0 spiro atoms. The van der Waals surface area contributed by atoms with Crippen molar-refractivity contribution in [2.75, 3.05) is 13.1 Å². The zero-order chi connectivity index (χ0) is 21.9. The molecule has 4 aromatic rings. The largest absolute Gasteiger partial charge is 0.393 e. The van der Waals surface area contributed by atoms with Crippen LogP contribution in [0.5, 0.6) is 0 Å². The van der Waals surface area contributed by atoms with E-state index in [4.69, 9.17) is 0 Å². The Labute approximate surface area is 187 Å². The number of hydrogen-bond donors (Lipinski definition) is 2. The van der Waals surface area contributed by atoms with Crippen molar-refractivity contribution in [1.29, 1.82) is 0 Å². The molecule has 0 atom stereocenters. The minimum atomic E-state index is -0.146. The maximum atomic E-state index is 13.1. The van der Waals surface area contributed by atoms with Crippen molar-refractivity contribution in [2.24, 2.45) is 0 Å². The molecule has 1 aliphatic heterocycles. The van der Waals surface area contributed by atoms with Crippen LogP contribution in [0.25, 0.3) is 21.7 Å². The first-order chi connectivity index (χ1) is 15.7. The van der Waals surface area contributed by atoms with Gasteiger partial charge in [0.05, 0.1) is 17.2 Å². The predicted octanol–water partition coefficient (Wildman–Crippen LogP) is 4.27. The third-order valence-corrected chi connectivity index (χ3v) is 6.30. The van der Waals surface area contributed by atoms with Gasteiger partial charge in [0.1, 0.15) is 0 Å². The van der Waals surface area contributed by atoms with E-state index in [0.717, 1.165) is 59.7 Å². The lowest BCUT2D eigenvalue weighted by atomic mass is 10.0. The van der Waals surface area contributed by atoms with Crippen LogP contribution in [0.1, 0.15) is 34.3 Å². The molecule has 162 valence electrons. The zero-order valence-corrected chi connectivity index (χ0v) is 18.0. The summed E-state index contributed by atoms with van der Waals surface area (Å²) in [7, 11) is 0. The molecule has 32 heavy (non-hydrogen) atoms. The van der Waals surface area contributed by atoms with Gasteiger partial charge < -0.3 is 10.4 Å². The second-order valence-corrected chi connectivity index (χ2v) is 8.55. The van der Waals surface area contributed by atoms with Gasteiger partial charge in [-0.2, -0.15) is 0 Å². The number of aliphatic hydroxyl groups is 1. The Morgan fingerprint density at radius 3 is 2.50 bits per heavy atom. The maximum Gasteiger partial charge on any atom is 0.253 e. The van der Waals surface area contributed by atoms with Crippen molar-refractivity contribution in [3.63, 3.8) is 0 Å². The van der Waals surface area contributed by atoms with E-state index >= 15 is 0 Å². The molecule has 5 nitrogen and oxygen atoms in total. The number of benzene rings is 3. The second-order valence-electron chi connectivity index (χ2n) is 8.55. The van der Waals surface area contributed by atoms with Crippen molar-refractivity contribution in [1.82, 2.24) is 15.2 Å². The van der Waals surface area contributed by atoms with Crippen LogP contribution in [0, 0.1) is 0 Å². The predicted molar refractivity (Wildman–Crippen MR) is 127 cm³/mol. The number of aromatic nitrogens is 1. The Morgan fingerprint density at radius 1 is 0.969 bits per heavy atom. The first-order valence-corrected chi connectivity index (χ1v) is 11.2. The van der Waals surface area contributed by atoms with E-state index in [1.54, 1.807) is 6.20 Å². The number of nitrogens with zero attached hydrogens (tertiary/aromatic N) is 2. The highest BCUT2D eigenvalue weighted by Gasteiger charge is 2.17. The second kappa shape index (κ2) is 9.07. The molecule has 3 aromatic carbocycles. The Balaban J connectivity index is 1.28. The first-order valence-electron chi connectivity index (χ1n) is 11.2. The molecule has 1 aromatic heterocycles. The number of fused-ring (bicyclic) bond motifs is 3. The van der Waals surface area contributed by atoms with E-state index in [-0.39, 0.29) is 12.0 Å². The number of piperidine rings is 1. The van der Waals surface area contributed by atoms with Gasteiger partial charge >= 0.3 is 0 Å². The van der Waals surface area contributed by atoms with Crippen molar-refractivity contribution < 1.29 is 9.90 Å². The molecule has 0 saturated carbocycles. The van der Waals surface area contributed by atoms with Crippen LogP contribution < -0.4 is 5.32 Å². The molecular formula is C27H27N3O2. The highest BCUT2D eigenvalue weighted by molar-refractivity contribution is 6.15. The lowest BCUT2D eigenvalue weighted by Gasteiger charge is -2.29. The van der Waals surface area contributed by atoms with Crippen LogP contribution >= 0.6 is 0 Å². The van der Waals surface area contributed by atoms with E-state index in [9.17, 15) is 9.90 Å². The number of likely N-dealkylation sites (tertiary alicyclic amines) is 1. The average molecular weight is 426 g/mol. The van der Waals surface area contributed by atoms with E-state index in [0.29, 0.717) is 12.1 Å². The Morgan fingerprint density at radius 2 is 1.69 bits per heavy atom. The molecule has 2 N–H and O–H groups in total. The van der Waals surface area contributed by atoms with Gasteiger partial charge in [-0.25, -0.2) is 0 Å². The summed E-state index contributed by atoms with van der Waals surface area (Å²) in [5.74, 6) is -0.115. The number of carbonyl (C=O) groups excluding carboxylic acids is 1. The average Bonchev–Trinajstić information content (AvgIpc) is 2.84.